The first-order valence-corrected chi connectivity index (χ1v) is 8.40. The third-order valence-corrected chi connectivity index (χ3v) is 3.50. The molecule has 0 radical (unpaired) electrons. The summed E-state index contributed by atoms with van der Waals surface area (Å²) in [5, 5.41) is 26.5. The maximum atomic E-state index is 10.1. The zero-order chi connectivity index (χ0) is 17.5. The van der Waals surface area contributed by atoms with Crippen LogP contribution in [0.3, 0.4) is 0 Å². The number of unbranched alkanes of at least 4 members (excludes halogenated alkanes) is 6. The summed E-state index contributed by atoms with van der Waals surface area (Å²) in [6.45, 7) is 2.40. The van der Waals surface area contributed by atoms with E-state index in [2.05, 4.69) is 6.92 Å². The lowest BCUT2D eigenvalue weighted by Crippen LogP contribution is -2.10. The summed E-state index contributed by atoms with van der Waals surface area (Å²) >= 11 is 0. The minimum atomic E-state index is -0.663. The fraction of sp³-hybridized carbons (Fsp3) is 0.611. The minimum absolute atomic E-state index is 0. The van der Waals surface area contributed by atoms with Gasteiger partial charge in [-0.25, -0.2) is 0 Å². The number of aromatic hydroxyl groups is 1. The van der Waals surface area contributed by atoms with Gasteiger partial charge in [-0.1, -0.05) is 57.6 Å². The fourth-order valence-electron chi connectivity index (χ4n) is 2.07. The molecule has 5 N–H and O–H groups in total. The van der Waals surface area contributed by atoms with Gasteiger partial charge < -0.3 is 21.1 Å². The molecule has 0 aliphatic rings. The summed E-state index contributed by atoms with van der Waals surface area (Å²) in [7, 11) is 0. The van der Waals surface area contributed by atoms with Crippen LogP contribution in [0.25, 0.3) is 0 Å². The van der Waals surface area contributed by atoms with Gasteiger partial charge in [0.2, 0.25) is 0 Å². The predicted molar refractivity (Wildman–Crippen MR) is 99.6 cm³/mol. The van der Waals surface area contributed by atoms with E-state index >= 15 is 0 Å². The highest BCUT2D eigenvalue weighted by atomic mass is 35.5. The first-order chi connectivity index (χ1) is 11.0. The quantitative estimate of drug-likeness (QED) is 0.471. The molecular formula is C18H32ClNO4. The molecule has 0 saturated heterocycles. The summed E-state index contributed by atoms with van der Waals surface area (Å²) < 4.78 is 0. The van der Waals surface area contributed by atoms with Crippen molar-refractivity contribution in [3.63, 3.8) is 0 Å². The van der Waals surface area contributed by atoms with Crippen LogP contribution in [0.15, 0.2) is 24.3 Å². The molecule has 0 bridgehead atoms. The van der Waals surface area contributed by atoms with Crippen molar-refractivity contribution < 1.29 is 20.1 Å². The summed E-state index contributed by atoms with van der Waals surface area (Å²) in [6.07, 6.45) is 8.01. The molecule has 1 atom stereocenters. The lowest BCUT2D eigenvalue weighted by Gasteiger charge is -2.06. The molecule has 0 saturated carbocycles. The van der Waals surface area contributed by atoms with Crippen molar-refractivity contribution in [1.82, 2.24) is 0 Å². The molecule has 0 amide bonds. The largest absolute Gasteiger partial charge is 0.508 e. The number of halogens is 1. The van der Waals surface area contributed by atoms with E-state index in [1.54, 1.807) is 12.1 Å². The van der Waals surface area contributed by atoms with Gasteiger partial charge in [0.1, 0.15) is 5.75 Å². The SMILES string of the molecule is CCCCCCCCCC(=O)O.Cl.NCC(O)c1ccc(O)cc1. The van der Waals surface area contributed by atoms with Gasteiger partial charge in [0.25, 0.3) is 0 Å². The molecule has 1 rings (SSSR count). The molecule has 140 valence electrons. The fourth-order valence-corrected chi connectivity index (χ4v) is 2.07. The molecule has 1 aromatic carbocycles. The molecule has 0 aliphatic heterocycles. The second kappa shape index (κ2) is 16.6. The summed E-state index contributed by atoms with van der Waals surface area (Å²) in [6, 6.07) is 6.34. The molecule has 5 nitrogen and oxygen atoms in total. The van der Waals surface area contributed by atoms with Gasteiger partial charge in [-0.2, -0.15) is 0 Å². The number of aliphatic hydroxyl groups is 1. The van der Waals surface area contributed by atoms with Crippen molar-refractivity contribution in [2.24, 2.45) is 5.73 Å². The topological polar surface area (TPSA) is 104 Å². The maximum Gasteiger partial charge on any atom is 0.303 e. The highest BCUT2D eigenvalue weighted by Gasteiger charge is 2.03. The number of aliphatic carboxylic acids is 1. The normalized spacial score (nSPS) is 11.0. The standard InChI is InChI=1S/C10H20O2.C8H11NO2.ClH/c1-2-3-4-5-6-7-8-9-10(11)12;9-5-8(11)6-1-3-7(10)4-2-6;/h2-9H2,1H3,(H,11,12);1-4,8,10-11H,5,9H2;1H. The van der Waals surface area contributed by atoms with E-state index in [9.17, 15) is 9.90 Å². The van der Waals surface area contributed by atoms with Crippen LogP contribution in [-0.4, -0.2) is 27.8 Å². The second-order valence-electron chi connectivity index (χ2n) is 5.61. The zero-order valence-corrected chi connectivity index (χ0v) is 15.3. The number of phenolic OH excluding ortho intramolecular Hbond substituents is 1. The van der Waals surface area contributed by atoms with Crippen LogP contribution in [-0.2, 0) is 4.79 Å². The average molecular weight is 362 g/mol. The highest BCUT2D eigenvalue weighted by Crippen LogP contribution is 2.15. The van der Waals surface area contributed by atoms with E-state index in [4.69, 9.17) is 15.9 Å². The second-order valence-corrected chi connectivity index (χ2v) is 5.61. The Morgan fingerprint density at radius 2 is 1.54 bits per heavy atom. The molecule has 0 fully saturated rings. The molecular weight excluding hydrogens is 330 g/mol. The molecule has 24 heavy (non-hydrogen) atoms. The number of aliphatic hydroxyl groups excluding tert-OH is 1. The summed E-state index contributed by atoms with van der Waals surface area (Å²) in [5.41, 5.74) is 5.96. The van der Waals surface area contributed by atoms with Crippen molar-refractivity contribution in [3.8, 4) is 5.75 Å². The smallest absolute Gasteiger partial charge is 0.303 e. The van der Waals surface area contributed by atoms with E-state index in [-0.39, 0.29) is 24.7 Å². The van der Waals surface area contributed by atoms with Gasteiger partial charge in [-0.3, -0.25) is 4.79 Å². The number of carboxylic acids is 1. The van der Waals surface area contributed by atoms with Crippen molar-refractivity contribution >= 4 is 18.4 Å². The minimum Gasteiger partial charge on any atom is -0.508 e. The summed E-state index contributed by atoms with van der Waals surface area (Å²) in [4.78, 5) is 10.1. The number of carbonyl (C=O) groups is 1. The third-order valence-electron chi connectivity index (χ3n) is 3.50. The Morgan fingerprint density at radius 3 is 2.00 bits per heavy atom. The van der Waals surface area contributed by atoms with Gasteiger partial charge in [0, 0.05) is 13.0 Å². The molecule has 0 aromatic heterocycles. The lowest BCUT2D eigenvalue weighted by atomic mass is 10.1. The van der Waals surface area contributed by atoms with Crippen molar-refractivity contribution in [1.29, 1.82) is 0 Å². The van der Waals surface area contributed by atoms with Crippen LogP contribution < -0.4 is 5.73 Å². The number of hydrogen-bond acceptors (Lipinski definition) is 4. The molecule has 1 aromatic rings. The van der Waals surface area contributed by atoms with Gasteiger partial charge >= 0.3 is 5.97 Å². The van der Waals surface area contributed by atoms with Crippen LogP contribution in [0.1, 0.15) is 70.0 Å². The van der Waals surface area contributed by atoms with Crippen LogP contribution in [0.4, 0.5) is 0 Å². The number of benzene rings is 1. The Balaban J connectivity index is 0. The van der Waals surface area contributed by atoms with Crippen molar-refractivity contribution in [3.05, 3.63) is 29.8 Å². The molecule has 0 aliphatic carbocycles. The van der Waals surface area contributed by atoms with Gasteiger partial charge in [-0.05, 0) is 24.1 Å². The van der Waals surface area contributed by atoms with Gasteiger partial charge in [-0.15, -0.1) is 12.4 Å². The Bertz CT molecular complexity index is 412. The Kier molecular flexibility index (Phi) is 17.2. The Labute approximate surface area is 151 Å². The van der Waals surface area contributed by atoms with Crippen LogP contribution in [0.5, 0.6) is 5.75 Å². The highest BCUT2D eigenvalue weighted by molar-refractivity contribution is 5.85. The molecule has 6 heteroatoms. The maximum absolute atomic E-state index is 10.1. The Morgan fingerprint density at radius 1 is 1.04 bits per heavy atom. The van der Waals surface area contributed by atoms with Gasteiger partial charge in [0.15, 0.2) is 0 Å². The molecule has 1 unspecified atom stereocenters. The molecule has 0 spiro atoms. The average Bonchev–Trinajstić information content (AvgIpc) is 2.54. The lowest BCUT2D eigenvalue weighted by molar-refractivity contribution is -0.137. The van der Waals surface area contributed by atoms with Crippen LogP contribution in [0, 0.1) is 0 Å². The number of carboxylic acid groups (broad SMARTS) is 1. The third kappa shape index (κ3) is 14.3. The van der Waals surface area contributed by atoms with E-state index < -0.39 is 12.1 Å². The number of phenols is 1. The van der Waals surface area contributed by atoms with Crippen LogP contribution in [0.2, 0.25) is 0 Å². The zero-order valence-electron chi connectivity index (χ0n) is 14.5. The van der Waals surface area contributed by atoms with Gasteiger partial charge in [0.05, 0.1) is 6.10 Å². The predicted octanol–water partition coefficient (Wildman–Crippen LogP) is 4.02. The first-order valence-electron chi connectivity index (χ1n) is 8.40. The molecule has 0 heterocycles. The van der Waals surface area contributed by atoms with E-state index in [0.29, 0.717) is 6.42 Å². The monoisotopic (exact) mass is 361 g/mol. The van der Waals surface area contributed by atoms with Crippen molar-refractivity contribution in [2.75, 3.05) is 6.54 Å². The van der Waals surface area contributed by atoms with Crippen molar-refractivity contribution in [2.45, 2.75) is 64.4 Å². The number of hydrogen-bond donors (Lipinski definition) is 4. The first kappa shape index (κ1) is 24.9. The number of nitrogens with two attached hydrogens (primary N) is 1. The Hall–Kier alpha value is -1.30. The summed E-state index contributed by atoms with van der Waals surface area (Å²) in [5.74, 6) is -0.471. The van der Waals surface area contributed by atoms with E-state index in [0.717, 1.165) is 18.4 Å². The van der Waals surface area contributed by atoms with E-state index in [1.165, 1.54) is 44.2 Å². The number of rotatable bonds is 10. The van der Waals surface area contributed by atoms with E-state index in [1.807, 2.05) is 0 Å². The van der Waals surface area contributed by atoms with Crippen LogP contribution >= 0.6 is 12.4 Å².